The number of fused-ring (bicyclic) bond motifs is 3. The van der Waals surface area contributed by atoms with Crippen LogP contribution in [0.25, 0.3) is 0 Å². The van der Waals surface area contributed by atoms with Crippen molar-refractivity contribution in [2.45, 2.75) is 242 Å². The molecule has 10 heteroatoms. The van der Waals surface area contributed by atoms with Crippen molar-refractivity contribution in [1.82, 2.24) is 0 Å². The Morgan fingerprint density at radius 2 is 0.765 bits per heavy atom. The van der Waals surface area contributed by atoms with Gasteiger partial charge in [0.1, 0.15) is 15.9 Å². The topological polar surface area (TPSA) is 118 Å². The van der Waals surface area contributed by atoms with Gasteiger partial charge in [0.05, 0.1) is 13.6 Å². The Kier molecular flexibility index (Phi) is 29.1. The van der Waals surface area contributed by atoms with Crippen LogP contribution in [-0.2, 0) is 39.7 Å². The molecule has 2 N–H and O–H groups in total. The van der Waals surface area contributed by atoms with Crippen molar-refractivity contribution < 1.29 is 49.9 Å². The van der Waals surface area contributed by atoms with Gasteiger partial charge in [0.15, 0.2) is 0 Å². The number of carboxylic acids is 2. The molecular weight excluding hydrogens is 1370 g/mol. The largest absolute Gasteiger partial charge is 0.479 e. The maximum absolute atomic E-state index is 10.0. The fourth-order valence-electron chi connectivity index (χ4n) is 25.7. The predicted octanol–water partition coefficient (Wildman–Crippen LogP) is 23.1. The van der Waals surface area contributed by atoms with E-state index in [0.29, 0.717) is 46.6 Å². The quantitative estimate of drug-likeness (QED) is 0.0613. The van der Waals surface area contributed by atoms with Crippen molar-refractivity contribution in [2.75, 3.05) is 13.2 Å². The van der Waals surface area contributed by atoms with E-state index >= 15 is 0 Å². The molecule has 3 aromatic rings. The minimum Gasteiger partial charge on any atom is -0.479 e. The van der Waals surface area contributed by atoms with E-state index in [-0.39, 0.29) is 70.3 Å². The fourth-order valence-corrected chi connectivity index (χ4v) is 28.2. The van der Waals surface area contributed by atoms with E-state index < -0.39 is 26.5 Å². The minimum atomic E-state index is -1.03. The number of benzene rings is 3. The molecule has 0 aliphatic heterocycles. The van der Waals surface area contributed by atoms with Crippen LogP contribution in [0.2, 0.25) is 0 Å². The van der Waals surface area contributed by atoms with Crippen LogP contribution in [0.1, 0.15) is 242 Å². The van der Waals surface area contributed by atoms with E-state index in [1.165, 1.54) is 22.3 Å². The second-order valence-electron chi connectivity index (χ2n) is 40.0. The van der Waals surface area contributed by atoms with E-state index in [4.69, 9.17) is 10.2 Å². The first-order valence-electron chi connectivity index (χ1n) is 40.0. The normalized spacial score (nSPS) is 38.4. The van der Waals surface area contributed by atoms with Gasteiger partial charge in [-0.15, -0.1) is 5.41 Å². The average molecular weight is 1520 g/mol. The first-order chi connectivity index (χ1) is 46.3. The fraction of sp³-hybridized carbons (Fsp3) is 0.750. The summed E-state index contributed by atoms with van der Waals surface area (Å²) in [5.74, 6) is 14.9. The molecule has 0 saturated heterocycles. The standard InChI is InChI=1S/C58H106.C18H15P.C8H15NO3.C8H14NO3.Pd/c1-29-28-55(46(18)57(53(22,23)24,54(25,26)27)51(52(19,20)21)50(55)39(11)30(29)2)58(47-40(12)32(4)31(3)33(5)41(47)13)49-43(15)35(7)34(6)42(14)48(49)56(58)44(16)37(9)36(8)38(10)45(56)17;1-4-10-16(11-5-1)19(17-12-6-2-7-13-17)18-14-8-3-9-15-18;2*1-6(8(2,3)4)9-12-5-7(10)11;/h29-51H,28H2,1-27H3;1-15H;5H2,1-4H3,(H,10,11);2,5H2,1,3-4H3,(H,10,11);/q;;;-1;/p+1/b;;9-6+;;. The molecule has 8 nitrogen and oxygen atoms in total. The molecule has 0 amide bonds. The second kappa shape index (κ2) is 33.2. The van der Waals surface area contributed by atoms with Gasteiger partial charge < -0.3 is 26.8 Å². The SMILES string of the molecule is C/C(=N\OCC(=O)O)C(C)(C)C.CC1CC2(C3(C4C(C)C(C)C(C)C(C)C4C)C4C(C)C(C)C(C)C(C)C4C34C(C)C(C)C(C)C(C)C4C)C(C(C)C1C)C(C(C)(C)C)C(C(C)(C)C)(C(C)(C)C)C2C.[CH2-]C(C)(C)C(C)=NOCC(=O)O.[Pd].c1ccc([PH+](c2ccccc2)c2ccccc2)cc1. The van der Waals surface area contributed by atoms with E-state index in [9.17, 15) is 9.59 Å². The van der Waals surface area contributed by atoms with Crippen molar-refractivity contribution >= 4 is 47.2 Å². The number of aliphatic carboxylic acids is 2. The van der Waals surface area contributed by atoms with Gasteiger partial charge in [0.25, 0.3) is 0 Å². The third-order valence-electron chi connectivity index (χ3n) is 31.6. The summed E-state index contributed by atoms with van der Waals surface area (Å²) in [6.45, 7) is 91.3. The molecule has 6 aliphatic rings. The molecular formula is C92H151N2O6PPd. The Morgan fingerprint density at radius 1 is 0.451 bits per heavy atom. The Labute approximate surface area is 641 Å². The summed E-state index contributed by atoms with van der Waals surface area (Å²) >= 11 is 0. The monoisotopic (exact) mass is 1520 g/mol. The molecule has 6 fully saturated rings. The van der Waals surface area contributed by atoms with Crippen LogP contribution < -0.4 is 15.9 Å². The average Bonchev–Trinajstić information content (AvgIpc) is 1.19. The van der Waals surface area contributed by atoms with Crippen LogP contribution in [0.5, 0.6) is 0 Å². The second-order valence-corrected chi connectivity index (χ2v) is 42.4. The zero-order chi connectivity index (χ0) is 77.0. The third kappa shape index (κ3) is 15.7. The Morgan fingerprint density at radius 3 is 1.09 bits per heavy atom. The van der Waals surface area contributed by atoms with Gasteiger partial charge in [0.2, 0.25) is 13.2 Å². The van der Waals surface area contributed by atoms with Crippen molar-refractivity contribution in [3.63, 3.8) is 0 Å². The van der Waals surface area contributed by atoms with Crippen molar-refractivity contribution in [2.24, 2.45) is 195 Å². The summed E-state index contributed by atoms with van der Waals surface area (Å²) in [5.41, 5.74) is 2.52. The zero-order valence-corrected chi connectivity index (χ0v) is 73.6. The van der Waals surface area contributed by atoms with Crippen LogP contribution in [-0.4, -0.2) is 46.8 Å². The number of rotatable bonds is 12. The van der Waals surface area contributed by atoms with E-state index in [0.717, 1.165) is 106 Å². The number of carboxylic acid groups (broad SMARTS) is 2. The summed E-state index contributed by atoms with van der Waals surface area (Å²) in [7, 11) is -0.877. The van der Waals surface area contributed by atoms with Gasteiger partial charge >= 0.3 is 11.9 Å². The van der Waals surface area contributed by atoms with Gasteiger partial charge in [-0.2, -0.15) is 0 Å². The number of carbonyl (C=O) groups is 2. The smallest absolute Gasteiger partial charge is 0.344 e. The molecule has 0 heterocycles. The number of nitrogens with zero attached hydrogens (tertiary/aromatic N) is 2. The molecule has 3 aromatic carbocycles. The first kappa shape index (κ1) is 89.3. The molecule has 22 atom stereocenters. The maximum atomic E-state index is 10.0. The molecule has 102 heavy (non-hydrogen) atoms. The van der Waals surface area contributed by atoms with Crippen LogP contribution in [0, 0.1) is 192 Å². The van der Waals surface area contributed by atoms with Gasteiger partial charge in [-0.25, -0.2) is 9.59 Å². The first-order valence-corrected chi connectivity index (χ1v) is 41.5. The van der Waals surface area contributed by atoms with Crippen LogP contribution >= 0.6 is 7.92 Å². The Hall–Kier alpha value is -3.37. The van der Waals surface area contributed by atoms with Crippen molar-refractivity contribution in [3.8, 4) is 0 Å². The third-order valence-corrected chi connectivity index (χ3v) is 34.3. The molecule has 9 rings (SSSR count). The van der Waals surface area contributed by atoms with Crippen molar-refractivity contribution in [3.05, 3.63) is 97.9 Å². The van der Waals surface area contributed by atoms with Crippen LogP contribution in [0.15, 0.2) is 101 Å². The molecule has 22 unspecified atom stereocenters. The summed E-state index contributed by atoms with van der Waals surface area (Å²) in [5, 5.41) is 28.0. The van der Waals surface area contributed by atoms with Crippen LogP contribution in [0.3, 0.4) is 0 Å². The van der Waals surface area contributed by atoms with Gasteiger partial charge in [-0.05, 0) is 231 Å². The van der Waals surface area contributed by atoms with E-state index in [1.807, 2.05) is 41.5 Å². The zero-order valence-electron chi connectivity index (χ0n) is 71.0. The Balaban J connectivity index is 0.000000341. The van der Waals surface area contributed by atoms with Crippen molar-refractivity contribution in [1.29, 1.82) is 0 Å². The molecule has 6 saturated carbocycles. The predicted molar refractivity (Wildman–Crippen MR) is 434 cm³/mol. The van der Waals surface area contributed by atoms with Gasteiger partial charge in [-0.1, -0.05) is 286 Å². The van der Waals surface area contributed by atoms with Gasteiger partial charge in [0, 0.05) is 31.5 Å². The minimum absolute atomic E-state index is 0. The Bertz CT molecular complexity index is 3060. The molecule has 0 radical (unpaired) electrons. The maximum Gasteiger partial charge on any atom is 0.344 e. The summed E-state index contributed by atoms with van der Waals surface area (Å²) in [4.78, 5) is 29.2. The molecule has 0 aromatic heterocycles. The number of hydrogen-bond acceptors (Lipinski definition) is 6. The molecule has 1 spiro atoms. The molecule has 580 valence electrons. The summed E-state index contributed by atoms with van der Waals surface area (Å²) in [6.07, 6.45) is 1.45. The number of oxime groups is 2. The molecule has 6 aliphatic carbocycles. The molecule has 0 bridgehead atoms. The van der Waals surface area contributed by atoms with E-state index in [1.54, 1.807) is 6.92 Å². The number of hydrogen-bond donors (Lipinski definition) is 2. The van der Waals surface area contributed by atoms with Gasteiger partial charge in [-0.3, -0.25) is 0 Å². The summed E-state index contributed by atoms with van der Waals surface area (Å²) < 4.78 is 0. The van der Waals surface area contributed by atoms with E-state index in [2.05, 4.69) is 305 Å². The van der Waals surface area contributed by atoms with Crippen LogP contribution in [0.4, 0.5) is 0 Å². The summed E-state index contributed by atoms with van der Waals surface area (Å²) in [6, 6.07) is 32.5.